The van der Waals surface area contributed by atoms with Crippen molar-refractivity contribution >= 4 is 23.5 Å². The van der Waals surface area contributed by atoms with E-state index in [4.69, 9.17) is 9.78 Å². The molecule has 0 N–H and O–H groups in total. The first-order valence-corrected chi connectivity index (χ1v) is 11.3. The Morgan fingerprint density at radius 2 is 0.694 bits per heavy atom. The lowest BCUT2D eigenvalue weighted by molar-refractivity contribution is -0.259. The highest BCUT2D eigenvalue weighted by atomic mass is 17.2. The van der Waals surface area contributed by atoms with Crippen LogP contribution in [0.4, 0.5) is 0 Å². The molecule has 0 heterocycles. The lowest BCUT2D eigenvalue weighted by atomic mass is 9.90. The van der Waals surface area contributed by atoms with Gasteiger partial charge in [-0.15, -0.1) is 0 Å². The molecule has 2 unspecified atom stereocenters. The third-order valence-electron chi connectivity index (χ3n) is 5.58. The summed E-state index contributed by atoms with van der Waals surface area (Å²) in [6.45, 7) is 0. The Morgan fingerprint density at radius 3 is 1.00 bits per heavy atom. The van der Waals surface area contributed by atoms with Gasteiger partial charge < -0.3 is 0 Å². The standard InChI is InChI=1S/C30H22O6/c31-27(23-17-9-3-10-18-23)25(21-13-5-1-6-14-21)29(33)35-36-30(34)26(22-15-7-2-8-16-22)28(32)24-19-11-4-12-20-24/h1-20,25-26H. The zero-order valence-corrected chi connectivity index (χ0v) is 19.2. The molecule has 36 heavy (non-hydrogen) atoms. The lowest BCUT2D eigenvalue weighted by Crippen LogP contribution is -2.29. The number of carbonyl (C=O) groups is 4. The van der Waals surface area contributed by atoms with Gasteiger partial charge in [0.2, 0.25) is 0 Å². The Labute approximate surface area is 208 Å². The van der Waals surface area contributed by atoms with E-state index in [9.17, 15) is 19.2 Å². The van der Waals surface area contributed by atoms with Gasteiger partial charge in [-0.3, -0.25) is 9.59 Å². The largest absolute Gasteiger partial charge is 0.370 e. The minimum atomic E-state index is -1.36. The van der Waals surface area contributed by atoms with E-state index < -0.39 is 35.3 Å². The average Bonchev–Trinajstić information content (AvgIpc) is 2.94. The Hall–Kier alpha value is -4.84. The molecule has 0 aliphatic heterocycles. The van der Waals surface area contributed by atoms with Crippen molar-refractivity contribution in [1.29, 1.82) is 0 Å². The second-order valence-corrected chi connectivity index (χ2v) is 7.95. The summed E-state index contributed by atoms with van der Waals surface area (Å²) in [6, 6.07) is 33.2. The molecule has 0 saturated heterocycles. The van der Waals surface area contributed by atoms with Gasteiger partial charge in [-0.1, -0.05) is 121 Å². The topological polar surface area (TPSA) is 86.7 Å². The van der Waals surface area contributed by atoms with Gasteiger partial charge in [0.1, 0.15) is 11.8 Å². The third kappa shape index (κ3) is 5.62. The second kappa shape index (κ2) is 11.5. The maximum Gasteiger partial charge on any atom is 0.370 e. The third-order valence-corrected chi connectivity index (χ3v) is 5.58. The Morgan fingerprint density at radius 1 is 0.417 bits per heavy atom. The highest BCUT2D eigenvalue weighted by Gasteiger charge is 2.36. The zero-order chi connectivity index (χ0) is 25.3. The Balaban J connectivity index is 1.57. The molecule has 4 aromatic rings. The molecule has 0 saturated carbocycles. The van der Waals surface area contributed by atoms with Gasteiger partial charge in [-0.2, -0.15) is 0 Å². The molecule has 4 rings (SSSR count). The van der Waals surface area contributed by atoms with Crippen molar-refractivity contribution in [3.8, 4) is 0 Å². The van der Waals surface area contributed by atoms with Crippen molar-refractivity contribution < 1.29 is 29.0 Å². The van der Waals surface area contributed by atoms with Crippen molar-refractivity contribution in [1.82, 2.24) is 0 Å². The second-order valence-electron chi connectivity index (χ2n) is 7.95. The highest BCUT2D eigenvalue weighted by molar-refractivity contribution is 6.14. The number of rotatable bonds is 8. The van der Waals surface area contributed by atoms with E-state index >= 15 is 0 Å². The summed E-state index contributed by atoms with van der Waals surface area (Å²) in [7, 11) is 0. The summed E-state index contributed by atoms with van der Waals surface area (Å²) in [6.07, 6.45) is 0. The molecule has 4 aromatic carbocycles. The molecule has 0 spiro atoms. The first-order valence-electron chi connectivity index (χ1n) is 11.3. The van der Waals surface area contributed by atoms with Crippen molar-refractivity contribution in [3.63, 3.8) is 0 Å². The van der Waals surface area contributed by atoms with Crippen LogP contribution in [0, 0.1) is 0 Å². The smallest absolute Gasteiger partial charge is 0.293 e. The van der Waals surface area contributed by atoms with Crippen molar-refractivity contribution in [2.45, 2.75) is 11.8 Å². The fraction of sp³-hybridized carbons (Fsp3) is 0.0667. The SMILES string of the molecule is O=C(OOC(=O)C(C(=O)c1ccccc1)c1ccccc1)C(C(=O)c1ccccc1)c1ccccc1. The Bertz CT molecular complexity index is 1230. The minimum Gasteiger partial charge on any atom is -0.293 e. The number of ketones is 2. The Kier molecular flexibility index (Phi) is 7.78. The molecule has 0 aliphatic carbocycles. The van der Waals surface area contributed by atoms with Crippen LogP contribution in [0.2, 0.25) is 0 Å². The van der Waals surface area contributed by atoms with Gasteiger partial charge >= 0.3 is 11.9 Å². The van der Waals surface area contributed by atoms with Gasteiger partial charge in [0.25, 0.3) is 0 Å². The molecule has 178 valence electrons. The molecular formula is C30H22O6. The van der Waals surface area contributed by atoms with Gasteiger partial charge in [-0.05, 0) is 11.1 Å². The normalized spacial score (nSPS) is 12.1. The van der Waals surface area contributed by atoms with Crippen LogP contribution >= 0.6 is 0 Å². The van der Waals surface area contributed by atoms with Crippen molar-refractivity contribution in [3.05, 3.63) is 144 Å². The van der Waals surface area contributed by atoms with Gasteiger partial charge in [-0.25, -0.2) is 19.4 Å². The van der Waals surface area contributed by atoms with Crippen LogP contribution in [-0.2, 0) is 19.4 Å². The quantitative estimate of drug-likeness (QED) is 0.147. The van der Waals surface area contributed by atoms with E-state index in [0.29, 0.717) is 22.3 Å². The number of benzene rings is 4. The van der Waals surface area contributed by atoms with Gasteiger partial charge in [0.15, 0.2) is 11.6 Å². The molecule has 0 fully saturated rings. The minimum absolute atomic E-state index is 0.302. The monoisotopic (exact) mass is 478 g/mol. The predicted molar refractivity (Wildman–Crippen MR) is 132 cm³/mol. The highest BCUT2D eigenvalue weighted by Crippen LogP contribution is 2.26. The lowest BCUT2D eigenvalue weighted by Gasteiger charge is -2.17. The van der Waals surface area contributed by atoms with E-state index in [1.807, 2.05) is 0 Å². The average molecular weight is 479 g/mol. The first-order chi connectivity index (χ1) is 17.6. The number of hydrogen-bond acceptors (Lipinski definition) is 6. The fourth-order valence-electron chi connectivity index (χ4n) is 3.80. The first kappa shape index (κ1) is 24.3. The van der Waals surface area contributed by atoms with Crippen LogP contribution < -0.4 is 0 Å². The summed E-state index contributed by atoms with van der Waals surface area (Å²) < 4.78 is 0. The van der Waals surface area contributed by atoms with Crippen LogP contribution in [0.5, 0.6) is 0 Å². The molecule has 0 bridgehead atoms. The van der Waals surface area contributed by atoms with Crippen molar-refractivity contribution in [2.75, 3.05) is 0 Å². The van der Waals surface area contributed by atoms with Crippen LogP contribution in [0.1, 0.15) is 43.7 Å². The molecule has 0 radical (unpaired) electrons. The van der Waals surface area contributed by atoms with E-state index in [-0.39, 0.29) is 0 Å². The summed E-state index contributed by atoms with van der Waals surface area (Å²) in [5.41, 5.74) is 1.37. The van der Waals surface area contributed by atoms with Gasteiger partial charge in [0.05, 0.1) is 0 Å². The van der Waals surface area contributed by atoms with Crippen LogP contribution in [-0.4, -0.2) is 23.5 Å². The summed E-state index contributed by atoms with van der Waals surface area (Å²) >= 11 is 0. The van der Waals surface area contributed by atoms with E-state index in [1.54, 1.807) is 121 Å². The number of carbonyl (C=O) groups excluding carboxylic acids is 4. The van der Waals surface area contributed by atoms with Crippen molar-refractivity contribution in [2.24, 2.45) is 0 Å². The molecule has 0 aromatic heterocycles. The summed E-state index contributed by atoms with van der Waals surface area (Å²) in [5, 5.41) is 0. The summed E-state index contributed by atoms with van der Waals surface area (Å²) in [4.78, 5) is 62.3. The number of hydrogen-bond donors (Lipinski definition) is 0. The van der Waals surface area contributed by atoms with E-state index in [1.165, 1.54) is 0 Å². The van der Waals surface area contributed by atoms with Crippen LogP contribution in [0.3, 0.4) is 0 Å². The molecule has 6 heteroatoms. The van der Waals surface area contributed by atoms with Crippen LogP contribution in [0.15, 0.2) is 121 Å². The van der Waals surface area contributed by atoms with E-state index in [0.717, 1.165) is 0 Å². The molecule has 0 amide bonds. The number of Topliss-reactive ketones (excluding diaryl/α,β-unsaturated/α-hetero) is 2. The van der Waals surface area contributed by atoms with Crippen LogP contribution in [0.25, 0.3) is 0 Å². The molecule has 6 nitrogen and oxygen atoms in total. The molecular weight excluding hydrogens is 456 g/mol. The van der Waals surface area contributed by atoms with E-state index in [2.05, 4.69) is 0 Å². The maximum atomic E-state index is 13.2. The predicted octanol–water partition coefficient (Wildman–Crippen LogP) is 5.32. The fourth-order valence-corrected chi connectivity index (χ4v) is 3.80. The zero-order valence-electron chi connectivity index (χ0n) is 19.2. The van der Waals surface area contributed by atoms with Gasteiger partial charge in [0, 0.05) is 11.1 Å². The molecule has 2 atom stereocenters. The maximum absolute atomic E-state index is 13.2. The molecule has 0 aliphatic rings. The summed E-state index contributed by atoms with van der Waals surface area (Å²) in [5.74, 6) is -5.88.